The van der Waals surface area contributed by atoms with Crippen molar-refractivity contribution < 1.29 is 14.3 Å². The van der Waals surface area contributed by atoms with Gasteiger partial charge in [0.25, 0.3) is 0 Å². The topological polar surface area (TPSA) is 38.8 Å². The van der Waals surface area contributed by atoms with E-state index in [4.69, 9.17) is 9.47 Å². The predicted molar refractivity (Wildman–Crippen MR) is 110 cm³/mol. The molecule has 1 aliphatic heterocycles. The number of hydrogen-bond acceptors (Lipinski definition) is 3. The van der Waals surface area contributed by atoms with E-state index < -0.39 is 0 Å². The van der Waals surface area contributed by atoms with Crippen LogP contribution in [0.1, 0.15) is 54.2 Å². The van der Waals surface area contributed by atoms with Crippen molar-refractivity contribution in [2.24, 2.45) is 0 Å². The first-order valence-electron chi connectivity index (χ1n) is 10.3. The summed E-state index contributed by atoms with van der Waals surface area (Å²) < 4.78 is 10.8. The summed E-state index contributed by atoms with van der Waals surface area (Å²) in [6, 6.07) is 14.8. The van der Waals surface area contributed by atoms with E-state index in [1.807, 2.05) is 6.07 Å². The molecule has 1 unspecified atom stereocenters. The molecule has 1 atom stereocenters. The highest BCUT2D eigenvalue weighted by atomic mass is 16.5. The van der Waals surface area contributed by atoms with Crippen LogP contribution in [-0.2, 0) is 11.2 Å². The van der Waals surface area contributed by atoms with E-state index in [9.17, 15) is 4.79 Å². The van der Waals surface area contributed by atoms with Crippen LogP contribution in [0, 0.1) is 0 Å². The van der Waals surface area contributed by atoms with E-state index in [0.717, 1.165) is 50.3 Å². The zero-order valence-corrected chi connectivity index (χ0v) is 16.8. The van der Waals surface area contributed by atoms with Gasteiger partial charge in [-0.05, 0) is 66.3 Å². The first-order chi connectivity index (χ1) is 13.7. The highest BCUT2D eigenvalue weighted by Gasteiger charge is 2.29. The van der Waals surface area contributed by atoms with Crippen LogP contribution in [0.25, 0.3) is 0 Å². The fraction of sp³-hybridized carbons (Fsp3) is 0.458. The number of piperidine rings is 1. The maximum absolute atomic E-state index is 12.9. The average molecular weight is 380 g/mol. The Labute approximate surface area is 167 Å². The number of carbonyl (C=O) groups is 1. The smallest absolute Gasteiger partial charge is 0.223 e. The number of benzene rings is 2. The van der Waals surface area contributed by atoms with E-state index >= 15 is 0 Å². The highest BCUT2D eigenvalue weighted by Crippen LogP contribution is 2.37. The van der Waals surface area contributed by atoms with Gasteiger partial charge in [-0.3, -0.25) is 4.79 Å². The van der Waals surface area contributed by atoms with Gasteiger partial charge >= 0.3 is 0 Å². The number of aryl methyl sites for hydroxylation is 1. The molecule has 1 heterocycles. The lowest BCUT2D eigenvalue weighted by Crippen LogP contribution is -2.38. The summed E-state index contributed by atoms with van der Waals surface area (Å²) in [5.41, 5.74) is 4.08. The fourth-order valence-electron chi connectivity index (χ4n) is 4.77. The van der Waals surface area contributed by atoms with E-state index in [1.54, 1.807) is 14.2 Å². The Bertz CT molecular complexity index is 839. The van der Waals surface area contributed by atoms with E-state index in [-0.39, 0.29) is 0 Å². The SMILES string of the molecule is COc1ccc(C2CCN(C(=O)CC3CCc4ccccc43)CC2)cc1OC. The van der Waals surface area contributed by atoms with Gasteiger partial charge in [0.1, 0.15) is 0 Å². The van der Waals surface area contributed by atoms with Gasteiger partial charge in [0.2, 0.25) is 5.91 Å². The van der Waals surface area contributed by atoms with Crippen molar-refractivity contribution in [1.29, 1.82) is 0 Å². The largest absolute Gasteiger partial charge is 0.493 e. The van der Waals surface area contributed by atoms with Gasteiger partial charge < -0.3 is 14.4 Å². The molecule has 0 saturated carbocycles. The molecule has 4 nitrogen and oxygen atoms in total. The molecule has 1 saturated heterocycles. The Morgan fingerprint density at radius 1 is 1.00 bits per heavy atom. The maximum atomic E-state index is 12.9. The number of fused-ring (bicyclic) bond motifs is 1. The minimum absolute atomic E-state index is 0.312. The lowest BCUT2D eigenvalue weighted by Gasteiger charge is -2.33. The summed E-state index contributed by atoms with van der Waals surface area (Å²) in [5.74, 6) is 2.71. The minimum atomic E-state index is 0.312. The van der Waals surface area contributed by atoms with Crippen molar-refractivity contribution in [2.45, 2.75) is 43.9 Å². The third-order valence-electron chi connectivity index (χ3n) is 6.40. The van der Waals surface area contributed by atoms with Crippen molar-refractivity contribution in [3.63, 3.8) is 0 Å². The molecular formula is C24H29NO3. The van der Waals surface area contributed by atoms with Crippen LogP contribution < -0.4 is 9.47 Å². The maximum Gasteiger partial charge on any atom is 0.223 e. The van der Waals surface area contributed by atoms with Gasteiger partial charge in [-0.15, -0.1) is 0 Å². The Balaban J connectivity index is 1.35. The summed E-state index contributed by atoms with van der Waals surface area (Å²) in [6.45, 7) is 1.68. The first kappa shape index (κ1) is 18.9. The molecule has 0 N–H and O–H groups in total. The van der Waals surface area contributed by atoms with Crippen molar-refractivity contribution in [3.05, 3.63) is 59.2 Å². The van der Waals surface area contributed by atoms with Crippen LogP contribution in [0.3, 0.4) is 0 Å². The number of rotatable bonds is 5. The third-order valence-corrected chi connectivity index (χ3v) is 6.40. The van der Waals surface area contributed by atoms with Crippen molar-refractivity contribution in [2.75, 3.05) is 27.3 Å². The zero-order valence-electron chi connectivity index (χ0n) is 16.8. The number of methoxy groups -OCH3 is 2. The normalized spacial score (nSPS) is 19.4. The van der Waals surface area contributed by atoms with Crippen LogP contribution >= 0.6 is 0 Å². The van der Waals surface area contributed by atoms with Crippen LogP contribution in [-0.4, -0.2) is 38.1 Å². The molecule has 2 aromatic rings. The molecule has 28 heavy (non-hydrogen) atoms. The molecule has 0 radical (unpaired) electrons. The number of carbonyl (C=O) groups excluding carboxylic acids is 1. The molecule has 1 fully saturated rings. The van der Waals surface area contributed by atoms with Gasteiger partial charge in [-0.1, -0.05) is 30.3 Å². The molecule has 4 heteroatoms. The number of amides is 1. The molecule has 0 spiro atoms. The molecule has 0 aromatic heterocycles. The second-order valence-electron chi connectivity index (χ2n) is 7.91. The Morgan fingerprint density at radius 2 is 1.75 bits per heavy atom. The van der Waals surface area contributed by atoms with Crippen LogP contribution in [0.4, 0.5) is 0 Å². The quantitative estimate of drug-likeness (QED) is 0.766. The summed E-state index contributed by atoms with van der Waals surface area (Å²) in [6.07, 6.45) is 4.87. The molecule has 4 rings (SSSR count). The van der Waals surface area contributed by atoms with Crippen LogP contribution in [0.5, 0.6) is 11.5 Å². The van der Waals surface area contributed by atoms with Gasteiger partial charge in [-0.25, -0.2) is 0 Å². The van der Waals surface area contributed by atoms with Crippen molar-refractivity contribution in [1.82, 2.24) is 4.90 Å². The van der Waals surface area contributed by atoms with E-state index in [2.05, 4.69) is 41.3 Å². The zero-order chi connectivity index (χ0) is 19.5. The molecule has 148 valence electrons. The number of nitrogens with zero attached hydrogens (tertiary/aromatic N) is 1. The summed E-state index contributed by atoms with van der Waals surface area (Å²) >= 11 is 0. The summed E-state index contributed by atoms with van der Waals surface area (Å²) in [5, 5.41) is 0. The number of hydrogen-bond donors (Lipinski definition) is 0. The van der Waals surface area contributed by atoms with Crippen molar-refractivity contribution in [3.8, 4) is 11.5 Å². The minimum Gasteiger partial charge on any atom is -0.493 e. The highest BCUT2D eigenvalue weighted by molar-refractivity contribution is 5.77. The van der Waals surface area contributed by atoms with E-state index in [1.165, 1.54) is 16.7 Å². The molecule has 2 aliphatic rings. The van der Waals surface area contributed by atoms with Gasteiger partial charge in [0.15, 0.2) is 11.5 Å². The first-order valence-corrected chi connectivity index (χ1v) is 10.3. The molecule has 2 aromatic carbocycles. The standard InChI is InChI=1S/C24H29NO3/c1-27-22-10-9-19(15-23(22)28-2)17-11-13-25(14-12-17)24(26)16-20-8-7-18-5-3-4-6-21(18)20/h3-6,9-10,15,17,20H,7-8,11-14,16H2,1-2H3. The monoisotopic (exact) mass is 379 g/mol. The second-order valence-corrected chi connectivity index (χ2v) is 7.91. The predicted octanol–water partition coefficient (Wildman–Crippen LogP) is 4.53. The lowest BCUT2D eigenvalue weighted by atomic mass is 9.88. The van der Waals surface area contributed by atoms with Gasteiger partial charge in [-0.2, -0.15) is 0 Å². The number of ether oxygens (including phenoxy) is 2. The molecule has 0 bridgehead atoms. The van der Waals surface area contributed by atoms with Crippen LogP contribution in [0.15, 0.2) is 42.5 Å². The van der Waals surface area contributed by atoms with Crippen LogP contribution in [0.2, 0.25) is 0 Å². The molecular weight excluding hydrogens is 350 g/mol. The Morgan fingerprint density at radius 3 is 2.50 bits per heavy atom. The molecule has 1 amide bonds. The third kappa shape index (κ3) is 3.73. The molecule has 1 aliphatic carbocycles. The summed E-state index contributed by atoms with van der Waals surface area (Å²) in [4.78, 5) is 14.9. The second kappa shape index (κ2) is 8.26. The Hall–Kier alpha value is -2.49. The van der Waals surface area contributed by atoms with Gasteiger partial charge in [0.05, 0.1) is 14.2 Å². The lowest BCUT2D eigenvalue weighted by molar-refractivity contribution is -0.132. The Kier molecular flexibility index (Phi) is 5.56. The fourth-order valence-corrected chi connectivity index (χ4v) is 4.77. The number of likely N-dealkylation sites (tertiary alicyclic amines) is 1. The summed E-state index contributed by atoms with van der Waals surface area (Å²) in [7, 11) is 3.33. The average Bonchev–Trinajstić information content (AvgIpc) is 3.16. The van der Waals surface area contributed by atoms with E-state index in [0.29, 0.717) is 24.2 Å². The van der Waals surface area contributed by atoms with Crippen molar-refractivity contribution >= 4 is 5.91 Å². The van der Waals surface area contributed by atoms with Gasteiger partial charge in [0, 0.05) is 19.5 Å².